The standard InChI is InChI=1S/C15H21N5OS/c1-11(16)12-4-2-6-19(8-12)15(21)14-10-20(18-17-14)9-13-5-3-7-22-13/h3,5,7,10-12H,2,4,6,8-9,16H2,1H3/t11-,12-/m0/s1. The Bertz CT molecular complexity index is 622. The van der Waals surface area contributed by atoms with E-state index in [1.54, 1.807) is 22.2 Å². The number of nitrogens with two attached hydrogens (primary N) is 1. The topological polar surface area (TPSA) is 77.0 Å². The summed E-state index contributed by atoms with van der Waals surface area (Å²) in [5, 5.41) is 10.1. The predicted octanol–water partition coefficient (Wildman–Crippen LogP) is 1.59. The van der Waals surface area contributed by atoms with Crippen molar-refractivity contribution < 1.29 is 4.79 Å². The average molecular weight is 319 g/mol. The van der Waals surface area contributed by atoms with Crippen molar-refractivity contribution in [2.45, 2.75) is 32.4 Å². The third-order valence-electron chi connectivity index (χ3n) is 4.14. The van der Waals surface area contributed by atoms with Gasteiger partial charge >= 0.3 is 0 Å². The van der Waals surface area contributed by atoms with Crippen molar-refractivity contribution in [2.75, 3.05) is 13.1 Å². The average Bonchev–Trinajstić information content (AvgIpc) is 3.19. The maximum Gasteiger partial charge on any atom is 0.276 e. The van der Waals surface area contributed by atoms with E-state index in [1.165, 1.54) is 4.88 Å². The molecule has 0 aliphatic carbocycles. The first-order chi connectivity index (χ1) is 10.6. The summed E-state index contributed by atoms with van der Waals surface area (Å²) >= 11 is 1.67. The maximum atomic E-state index is 12.6. The minimum atomic E-state index is -0.0391. The molecule has 1 amide bonds. The molecule has 0 bridgehead atoms. The van der Waals surface area contributed by atoms with Crippen LogP contribution in [0.2, 0.25) is 0 Å². The second-order valence-electron chi connectivity index (χ2n) is 5.89. The van der Waals surface area contributed by atoms with Gasteiger partial charge in [0.25, 0.3) is 5.91 Å². The van der Waals surface area contributed by atoms with E-state index < -0.39 is 0 Å². The lowest BCUT2D eigenvalue weighted by atomic mass is 9.92. The molecule has 1 fully saturated rings. The van der Waals surface area contributed by atoms with Gasteiger partial charge in [0.05, 0.1) is 12.7 Å². The van der Waals surface area contributed by atoms with Gasteiger partial charge in [-0.1, -0.05) is 11.3 Å². The Labute approximate surface area is 133 Å². The second kappa shape index (κ2) is 6.58. The Balaban J connectivity index is 1.66. The van der Waals surface area contributed by atoms with Crippen LogP contribution in [-0.4, -0.2) is 44.9 Å². The molecule has 3 rings (SSSR count). The molecule has 2 atom stereocenters. The monoisotopic (exact) mass is 319 g/mol. The van der Waals surface area contributed by atoms with Gasteiger partial charge in [0.2, 0.25) is 0 Å². The van der Waals surface area contributed by atoms with Gasteiger partial charge in [-0.05, 0) is 37.1 Å². The normalized spacial score (nSPS) is 20.1. The number of aromatic nitrogens is 3. The van der Waals surface area contributed by atoms with Crippen LogP contribution in [0.25, 0.3) is 0 Å². The quantitative estimate of drug-likeness (QED) is 0.928. The molecular weight excluding hydrogens is 298 g/mol. The molecule has 2 aromatic rings. The lowest BCUT2D eigenvalue weighted by Crippen LogP contribution is -2.45. The lowest BCUT2D eigenvalue weighted by Gasteiger charge is -2.34. The van der Waals surface area contributed by atoms with Crippen LogP contribution in [0.4, 0.5) is 0 Å². The molecular formula is C15H21N5OS. The summed E-state index contributed by atoms with van der Waals surface area (Å²) in [7, 11) is 0. The summed E-state index contributed by atoms with van der Waals surface area (Å²) in [6, 6.07) is 4.17. The number of hydrogen-bond acceptors (Lipinski definition) is 5. The highest BCUT2D eigenvalue weighted by molar-refractivity contribution is 7.09. The van der Waals surface area contributed by atoms with Crippen LogP contribution in [-0.2, 0) is 6.54 Å². The second-order valence-corrected chi connectivity index (χ2v) is 6.93. The van der Waals surface area contributed by atoms with Crippen LogP contribution >= 0.6 is 11.3 Å². The van der Waals surface area contributed by atoms with Crippen molar-refractivity contribution in [1.29, 1.82) is 0 Å². The lowest BCUT2D eigenvalue weighted by molar-refractivity contribution is 0.0655. The van der Waals surface area contributed by atoms with E-state index in [0.717, 1.165) is 19.4 Å². The summed E-state index contributed by atoms with van der Waals surface area (Å²) in [6.45, 7) is 4.16. The number of piperidine rings is 1. The zero-order valence-corrected chi connectivity index (χ0v) is 13.5. The Morgan fingerprint density at radius 3 is 3.18 bits per heavy atom. The van der Waals surface area contributed by atoms with E-state index in [1.807, 2.05) is 29.3 Å². The highest BCUT2D eigenvalue weighted by atomic mass is 32.1. The molecule has 2 aromatic heterocycles. The van der Waals surface area contributed by atoms with Crippen LogP contribution in [0.3, 0.4) is 0 Å². The minimum Gasteiger partial charge on any atom is -0.337 e. The van der Waals surface area contributed by atoms with E-state index in [0.29, 0.717) is 24.7 Å². The number of hydrogen-bond donors (Lipinski definition) is 1. The third-order valence-corrected chi connectivity index (χ3v) is 5.01. The molecule has 118 valence electrons. The van der Waals surface area contributed by atoms with Crippen LogP contribution in [0.15, 0.2) is 23.7 Å². The van der Waals surface area contributed by atoms with Gasteiger partial charge < -0.3 is 10.6 Å². The van der Waals surface area contributed by atoms with Gasteiger partial charge in [0, 0.05) is 24.0 Å². The number of thiophene rings is 1. The summed E-state index contributed by atoms with van der Waals surface area (Å²) in [4.78, 5) is 15.6. The molecule has 1 aliphatic rings. The van der Waals surface area contributed by atoms with Crippen molar-refractivity contribution in [3.63, 3.8) is 0 Å². The van der Waals surface area contributed by atoms with Gasteiger partial charge in [0.15, 0.2) is 5.69 Å². The molecule has 1 saturated heterocycles. The van der Waals surface area contributed by atoms with Crippen LogP contribution in [0.1, 0.15) is 35.1 Å². The van der Waals surface area contributed by atoms with Crippen molar-refractivity contribution >= 4 is 17.2 Å². The number of carbonyl (C=O) groups excluding carboxylic acids is 1. The first kappa shape index (κ1) is 15.2. The van der Waals surface area contributed by atoms with E-state index in [9.17, 15) is 4.79 Å². The van der Waals surface area contributed by atoms with Gasteiger partial charge in [0.1, 0.15) is 0 Å². The molecule has 7 heteroatoms. The van der Waals surface area contributed by atoms with Crippen molar-refractivity contribution in [3.05, 3.63) is 34.3 Å². The van der Waals surface area contributed by atoms with Crippen LogP contribution < -0.4 is 5.73 Å². The molecule has 2 N–H and O–H groups in total. The highest BCUT2D eigenvalue weighted by Crippen LogP contribution is 2.20. The molecule has 6 nitrogen and oxygen atoms in total. The third kappa shape index (κ3) is 3.36. The fourth-order valence-corrected chi connectivity index (χ4v) is 3.52. The molecule has 0 saturated carbocycles. The zero-order chi connectivity index (χ0) is 15.5. The van der Waals surface area contributed by atoms with Crippen molar-refractivity contribution in [3.8, 4) is 0 Å². The van der Waals surface area contributed by atoms with Crippen LogP contribution in [0, 0.1) is 5.92 Å². The molecule has 0 radical (unpaired) electrons. The summed E-state index contributed by atoms with van der Waals surface area (Å²) in [5.74, 6) is 0.335. The first-order valence-electron chi connectivity index (χ1n) is 7.61. The minimum absolute atomic E-state index is 0.0391. The molecule has 0 aromatic carbocycles. The first-order valence-corrected chi connectivity index (χ1v) is 8.49. The van der Waals surface area contributed by atoms with Gasteiger partial charge in [-0.3, -0.25) is 4.79 Å². The zero-order valence-electron chi connectivity index (χ0n) is 12.7. The van der Waals surface area contributed by atoms with E-state index in [-0.39, 0.29) is 11.9 Å². The SMILES string of the molecule is C[C@H](N)[C@H]1CCCN(C(=O)c2cn(Cc3cccs3)nn2)C1. The van der Waals surface area contributed by atoms with E-state index >= 15 is 0 Å². The largest absolute Gasteiger partial charge is 0.337 e. The summed E-state index contributed by atoms with van der Waals surface area (Å²) in [5.41, 5.74) is 6.40. The van der Waals surface area contributed by atoms with E-state index in [2.05, 4.69) is 10.3 Å². The molecule has 3 heterocycles. The van der Waals surface area contributed by atoms with Gasteiger partial charge in [-0.25, -0.2) is 4.68 Å². The van der Waals surface area contributed by atoms with Crippen LogP contribution in [0.5, 0.6) is 0 Å². The molecule has 1 aliphatic heterocycles. The predicted molar refractivity (Wildman–Crippen MR) is 85.7 cm³/mol. The Kier molecular flexibility index (Phi) is 4.54. The molecule has 22 heavy (non-hydrogen) atoms. The molecule has 0 spiro atoms. The van der Waals surface area contributed by atoms with E-state index in [4.69, 9.17) is 5.73 Å². The molecule has 0 unspecified atom stereocenters. The Hall–Kier alpha value is -1.73. The highest BCUT2D eigenvalue weighted by Gasteiger charge is 2.27. The Morgan fingerprint density at radius 1 is 1.59 bits per heavy atom. The fraction of sp³-hybridized carbons (Fsp3) is 0.533. The summed E-state index contributed by atoms with van der Waals surface area (Å²) in [6.07, 6.45) is 3.82. The van der Waals surface area contributed by atoms with Crippen molar-refractivity contribution in [2.24, 2.45) is 11.7 Å². The number of likely N-dealkylation sites (tertiary alicyclic amines) is 1. The smallest absolute Gasteiger partial charge is 0.276 e. The Morgan fingerprint density at radius 2 is 2.45 bits per heavy atom. The maximum absolute atomic E-state index is 12.6. The number of rotatable bonds is 4. The number of nitrogens with zero attached hydrogens (tertiary/aromatic N) is 4. The summed E-state index contributed by atoms with van der Waals surface area (Å²) < 4.78 is 1.71. The van der Waals surface area contributed by atoms with Crippen molar-refractivity contribution in [1.82, 2.24) is 19.9 Å². The van der Waals surface area contributed by atoms with Gasteiger partial charge in [-0.15, -0.1) is 16.4 Å². The number of amides is 1. The van der Waals surface area contributed by atoms with Gasteiger partial charge in [-0.2, -0.15) is 0 Å². The fourth-order valence-electron chi connectivity index (χ4n) is 2.82. The number of carbonyl (C=O) groups is 1.